The van der Waals surface area contributed by atoms with Gasteiger partial charge in [-0.15, -0.1) is 11.3 Å². The number of nitrogens with one attached hydrogen (secondary N) is 1. The summed E-state index contributed by atoms with van der Waals surface area (Å²) in [5.41, 5.74) is 0.869. The zero-order valence-electron chi connectivity index (χ0n) is 8.70. The number of hydrogen-bond donors (Lipinski definition) is 1. The van der Waals surface area contributed by atoms with Gasteiger partial charge in [-0.05, 0) is 23.9 Å². The molecule has 2 aromatic heterocycles. The number of amides is 1. The maximum atomic E-state index is 11.9. The van der Waals surface area contributed by atoms with Crippen molar-refractivity contribution in [3.63, 3.8) is 0 Å². The second-order valence-electron chi connectivity index (χ2n) is 3.22. The van der Waals surface area contributed by atoms with Crippen LogP contribution in [0.3, 0.4) is 0 Å². The van der Waals surface area contributed by atoms with Crippen LogP contribution in [0.4, 0.5) is 5.95 Å². The van der Waals surface area contributed by atoms with Crippen molar-refractivity contribution in [2.24, 2.45) is 0 Å². The summed E-state index contributed by atoms with van der Waals surface area (Å²) in [5, 5.41) is 5.07. The molecule has 17 heavy (non-hydrogen) atoms. The molecule has 2 aromatic rings. The molecular weight excluding hydrogens is 281 g/mol. The molecule has 0 atom stereocenters. The zero-order chi connectivity index (χ0) is 12.4. The van der Waals surface area contributed by atoms with Gasteiger partial charge in [0.05, 0.1) is 5.02 Å². The summed E-state index contributed by atoms with van der Waals surface area (Å²) in [6, 6.07) is 1.53. The van der Waals surface area contributed by atoms with Gasteiger partial charge in [-0.1, -0.05) is 23.2 Å². The van der Waals surface area contributed by atoms with Crippen LogP contribution in [0.2, 0.25) is 10.2 Å². The number of hydrogen-bond acceptors (Lipinski definition) is 4. The molecule has 0 bridgehead atoms. The summed E-state index contributed by atoms with van der Waals surface area (Å²) in [6.45, 7) is 1.84. The number of aryl methyl sites for hydroxylation is 1. The third kappa shape index (κ3) is 2.74. The predicted molar refractivity (Wildman–Crippen MR) is 69.1 cm³/mol. The van der Waals surface area contributed by atoms with Gasteiger partial charge in [0.2, 0.25) is 5.95 Å². The van der Waals surface area contributed by atoms with E-state index in [9.17, 15) is 4.79 Å². The molecular formula is C10H7Cl2N3OS. The van der Waals surface area contributed by atoms with E-state index in [4.69, 9.17) is 23.2 Å². The third-order valence-electron chi connectivity index (χ3n) is 1.95. The summed E-state index contributed by atoms with van der Waals surface area (Å²) >= 11 is 12.9. The fraction of sp³-hybridized carbons (Fsp3) is 0.100. The molecule has 0 spiro atoms. The lowest BCUT2D eigenvalue weighted by molar-refractivity contribution is 0.103. The van der Waals surface area contributed by atoms with Gasteiger partial charge >= 0.3 is 0 Å². The van der Waals surface area contributed by atoms with Crippen LogP contribution in [0, 0.1) is 6.92 Å². The Hall–Kier alpha value is -1.17. The highest BCUT2D eigenvalue weighted by atomic mass is 35.5. The van der Waals surface area contributed by atoms with Crippen molar-refractivity contribution < 1.29 is 4.79 Å². The maximum absolute atomic E-state index is 11.9. The normalized spacial score (nSPS) is 10.3. The van der Waals surface area contributed by atoms with E-state index < -0.39 is 0 Å². The number of halogens is 2. The highest BCUT2D eigenvalue weighted by Crippen LogP contribution is 2.27. The average molecular weight is 288 g/mol. The monoisotopic (exact) mass is 287 g/mol. The van der Waals surface area contributed by atoms with Gasteiger partial charge in [0, 0.05) is 6.20 Å². The molecule has 4 nitrogen and oxygen atoms in total. The molecule has 0 saturated carbocycles. The third-order valence-corrected chi connectivity index (χ3v) is 3.86. The molecule has 0 unspecified atom stereocenters. The first-order valence-corrected chi connectivity index (χ1v) is 6.25. The van der Waals surface area contributed by atoms with Crippen molar-refractivity contribution in [1.82, 2.24) is 9.97 Å². The molecule has 0 radical (unpaired) electrons. The van der Waals surface area contributed by atoms with E-state index in [1.54, 1.807) is 0 Å². The van der Waals surface area contributed by atoms with Gasteiger partial charge < -0.3 is 0 Å². The largest absolute Gasteiger partial charge is 0.290 e. The van der Waals surface area contributed by atoms with E-state index in [1.807, 2.05) is 12.3 Å². The topological polar surface area (TPSA) is 54.9 Å². The maximum Gasteiger partial charge on any atom is 0.269 e. The van der Waals surface area contributed by atoms with Crippen LogP contribution < -0.4 is 5.32 Å². The Labute approximate surface area is 112 Å². The van der Waals surface area contributed by atoms with Crippen molar-refractivity contribution in [2.75, 3.05) is 5.32 Å². The summed E-state index contributed by atoms with van der Waals surface area (Å²) in [4.78, 5) is 20.0. The quantitative estimate of drug-likeness (QED) is 0.862. The molecule has 0 aliphatic heterocycles. The summed E-state index contributed by atoms with van der Waals surface area (Å²) in [7, 11) is 0. The van der Waals surface area contributed by atoms with Gasteiger partial charge in [0.15, 0.2) is 0 Å². The first-order chi connectivity index (χ1) is 8.08. The molecule has 7 heteroatoms. The van der Waals surface area contributed by atoms with Crippen LogP contribution in [0.1, 0.15) is 15.2 Å². The predicted octanol–water partition coefficient (Wildman–Crippen LogP) is 3.41. The molecule has 0 fully saturated rings. The standard InChI is InChI=1S/C10H7Cl2N3OS/c1-5-4-17-8(7(5)12)9(16)15-10-13-3-2-6(11)14-10/h2-4H,1H3,(H,13,14,15,16). The first-order valence-electron chi connectivity index (χ1n) is 4.61. The van der Waals surface area contributed by atoms with Gasteiger partial charge in [0.1, 0.15) is 10.0 Å². The number of carbonyl (C=O) groups is 1. The Balaban J connectivity index is 2.20. The van der Waals surface area contributed by atoms with Crippen molar-refractivity contribution in [3.05, 3.63) is 38.3 Å². The van der Waals surface area contributed by atoms with E-state index >= 15 is 0 Å². The summed E-state index contributed by atoms with van der Waals surface area (Å²) in [6.07, 6.45) is 1.46. The lowest BCUT2D eigenvalue weighted by Crippen LogP contribution is -2.13. The Bertz CT molecular complexity index is 570. The number of anilines is 1. The van der Waals surface area contributed by atoms with Gasteiger partial charge in [-0.2, -0.15) is 0 Å². The van der Waals surface area contributed by atoms with E-state index in [1.165, 1.54) is 23.6 Å². The summed E-state index contributed by atoms with van der Waals surface area (Å²) < 4.78 is 0. The minimum Gasteiger partial charge on any atom is -0.290 e. The minimum absolute atomic E-state index is 0.157. The molecule has 2 heterocycles. The molecule has 88 valence electrons. The number of rotatable bonds is 2. The number of aromatic nitrogens is 2. The van der Waals surface area contributed by atoms with E-state index in [0.717, 1.165) is 5.56 Å². The van der Waals surface area contributed by atoms with Crippen molar-refractivity contribution in [3.8, 4) is 0 Å². The number of nitrogens with zero attached hydrogens (tertiary/aromatic N) is 2. The van der Waals surface area contributed by atoms with Crippen molar-refractivity contribution in [2.45, 2.75) is 6.92 Å². The highest BCUT2D eigenvalue weighted by Gasteiger charge is 2.15. The molecule has 0 aliphatic rings. The Morgan fingerprint density at radius 2 is 2.24 bits per heavy atom. The second kappa shape index (κ2) is 5.00. The van der Waals surface area contributed by atoms with Crippen molar-refractivity contribution >= 4 is 46.4 Å². The number of carbonyl (C=O) groups excluding carboxylic acids is 1. The molecule has 0 aromatic carbocycles. The van der Waals surface area contributed by atoms with Crippen LogP contribution in [0.5, 0.6) is 0 Å². The van der Waals surface area contributed by atoms with E-state index in [0.29, 0.717) is 9.90 Å². The summed E-state index contributed by atoms with van der Waals surface area (Å²) in [5.74, 6) is -0.181. The van der Waals surface area contributed by atoms with Crippen LogP contribution in [0.25, 0.3) is 0 Å². The Kier molecular flexibility index (Phi) is 3.61. The molecule has 1 amide bonds. The fourth-order valence-electron chi connectivity index (χ4n) is 1.14. The van der Waals surface area contributed by atoms with Crippen LogP contribution >= 0.6 is 34.5 Å². The van der Waals surface area contributed by atoms with Gasteiger partial charge in [-0.25, -0.2) is 9.97 Å². The van der Waals surface area contributed by atoms with Crippen LogP contribution in [0.15, 0.2) is 17.6 Å². The van der Waals surface area contributed by atoms with Crippen molar-refractivity contribution in [1.29, 1.82) is 0 Å². The highest BCUT2D eigenvalue weighted by molar-refractivity contribution is 7.13. The molecule has 0 aliphatic carbocycles. The SMILES string of the molecule is Cc1csc(C(=O)Nc2nccc(Cl)n2)c1Cl. The van der Waals surface area contributed by atoms with E-state index in [-0.39, 0.29) is 17.0 Å². The average Bonchev–Trinajstić information content (AvgIpc) is 2.60. The molecule has 2 rings (SSSR count). The van der Waals surface area contributed by atoms with Gasteiger partial charge in [0.25, 0.3) is 5.91 Å². The lowest BCUT2D eigenvalue weighted by Gasteiger charge is -2.02. The zero-order valence-corrected chi connectivity index (χ0v) is 11.0. The van der Waals surface area contributed by atoms with E-state index in [2.05, 4.69) is 15.3 Å². The number of thiophene rings is 1. The first kappa shape index (κ1) is 12.3. The van der Waals surface area contributed by atoms with Crippen LogP contribution in [-0.2, 0) is 0 Å². The molecule has 0 saturated heterocycles. The van der Waals surface area contributed by atoms with Gasteiger partial charge in [-0.3, -0.25) is 10.1 Å². The smallest absolute Gasteiger partial charge is 0.269 e. The minimum atomic E-state index is -0.338. The Morgan fingerprint density at radius 3 is 2.82 bits per heavy atom. The lowest BCUT2D eigenvalue weighted by atomic mass is 10.3. The molecule has 1 N–H and O–H groups in total. The second-order valence-corrected chi connectivity index (χ2v) is 4.86. The fourth-order valence-corrected chi connectivity index (χ4v) is 2.45. The Morgan fingerprint density at radius 1 is 1.47 bits per heavy atom. The van der Waals surface area contributed by atoms with Crippen LogP contribution in [-0.4, -0.2) is 15.9 Å².